The predicted octanol–water partition coefficient (Wildman–Crippen LogP) is 36.5. The minimum absolute atomic E-state index is 0.702. The molecule has 0 aliphatic heterocycles. The Balaban J connectivity index is 0.000000116. The quantitative estimate of drug-likeness (QED) is 0.0828. The average molecular weight is 1910 g/mol. The minimum atomic E-state index is 0.702. The average Bonchev–Trinajstić information content (AvgIpc) is 0.767. The lowest BCUT2D eigenvalue weighted by atomic mass is 9.89. The number of benzene rings is 21. The van der Waals surface area contributed by atoms with Gasteiger partial charge in [0.2, 0.25) is 0 Å². The normalized spacial score (nSPS) is 11.2. The van der Waals surface area contributed by atoms with Crippen LogP contribution in [0.1, 0.15) is 0 Å². The van der Waals surface area contributed by atoms with Crippen molar-refractivity contribution in [3.8, 4) is 202 Å². The first-order valence-corrected chi connectivity index (χ1v) is 50.6. The van der Waals surface area contributed by atoms with Gasteiger partial charge in [-0.1, -0.05) is 497 Å². The summed E-state index contributed by atoms with van der Waals surface area (Å²) in [5, 5.41) is 10.7. The largest absolute Gasteiger partial charge is 0.256 e. The summed E-state index contributed by atoms with van der Waals surface area (Å²) in [6.45, 7) is 0. The van der Waals surface area contributed by atoms with E-state index in [2.05, 4.69) is 421 Å². The summed E-state index contributed by atoms with van der Waals surface area (Å²) in [5.74, 6) is 2.12. The van der Waals surface area contributed by atoms with Gasteiger partial charge in [-0.15, -0.1) is 0 Å². The lowest BCUT2D eigenvalue weighted by Gasteiger charge is -2.15. The van der Waals surface area contributed by atoms with E-state index < -0.39 is 0 Å². The van der Waals surface area contributed by atoms with Crippen LogP contribution in [0, 0.1) is 0 Å². The lowest BCUT2D eigenvalue weighted by Crippen LogP contribution is -1.96. The van der Waals surface area contributed by atoms with Crippen LogP contribution in [0.3, 0.4) is 0 Å². The van der Waals surface area contributed by atoms with Gasteiger partial charge in [-0.05, 0) is 164 Å². The van der Waals surface area contributed by atoms with E-state index in [1.54, 1.807) is 0 Å². The van der Waals surface area contributed by atoms with Gasteiger partial charge in [-0.25, -0.2) is 29.9 Å². The molecule has 0 saturated heterocycles. The highest BCUT2D eigenvalue weighted by atomic mass is 14.9. The maximum Gasteiger partial charge on any atom is 0.160 e. The van der Waals surface area contributed by atoms with E-state index in [-0.39, 0.29) is 0 Å². The second-order valence-corrected chi connectivity index (χ2v) is 37.4. The predicted molar refractivity (Wildman–Crippen MR) is 622 cm³/mol. The first-order chi connectivity index (χ1) is 74.3. The van der Waals surface area contributed by atoms with Crippen LogP contribution in [0.25, 0.3) is 267 Å². The maximum atomic E-state index is 5.05. The number of aromatic nitrogens is 9. The topological polar surface area (TPSA) is 116 Å². The second-order valence-electron chi connectivity index (χ2n) is 37.4. The molecular weight excluding hydrogens is 1820 g/mol. The molecule has 6 heterocycles. The fourth-order valence-electron chi connectivity index (χ4n) is 20.4. The molecule has 27 rings (SSSR count). The van der Waals surface area contributed by atoms with Crippen LogP contribution in [0.15, 0.2) is 565 Å². The van der Waals surface area contributed by atoms with Crippen LogP contribution in [0.5, 0.6) is 0 Å². The van der Waals surface area contributed by atoms with Gasteiger partial charge in [-0.3, -0.25) is 15.0 Å². The Morgan fingerprint density at radius 1 is 0.127 bits per heavy atom. The summed E-state index contributed by atoms with van der Waals surface area (Å²) in [5.41, 5.74) is 38.7. The number of fused-ring (bicyclic) bond motifs is 6. The van der Waals surface area contributed by atoms with Crippen molar-refractivity contribution in [3.63, 3.8) is 0 Å². The molecule has 0 saturated carbocycles. The van der Waals surface area contributed by atoms with Crippen LogP contribution in [-0.4, -0.2) is 44.9 Å². The van der Waals surface area contributed by atoms with E-state index in [0.29, 0.717) is 17.5 Å². The van der Waals surface area contributed by atoms with E-state index >= 15 is 0 Å². The molecule has 0 unspecified atom stereocenters. The summed E-state index contributed by atoms with van der Waals surface area (Å²) in [7, 11) is 0. The molecule has 0 amide bonds. The van der Waals surface area contributed by atoms with Crippen LogP contribution in [0.4, 0.5) is 0 Å². The van der Waals surface area contributed by atoms with Gasteiger partial charge in [0.05, 0.1) is 50.7 Å². The Morgan fingerprint density at radius 3 is 0.700 bits per heavy atom. The molecule has 0 N–H and O–H groups in total. The molecule has 0 bridgehead atoms. The first kappa shape index (κ1) is 91.1. The summed E-state index contributed by atoms with van der Waals surface area (Å²) < 4.78 is 0. The van der Waals surface area contributed by atoms with Crippen molar-refractivity contribution in [2.75, 3.05) is 0 Å². The first-order valence-electron chi connectivity index (χ1n) is 50.6. The minimum Gasteiger partial charge on any atom is -0.256 e. The van der Waals surface area contributed by atoms with Crippen LogP contribution < -0.4 is 0 Å². The van der Waals surface area contributed by atoms with Gasteiger partial charge in [0.25, 0.3) is 0 Å². The zero-order valence-electron chi connectivity index (χ0n) is 81.7. The number of hydrogen-bond acceptors (Lipinski definition) is 9. The number of rotatable bonds is 18. The Bertz CT molecular complexity index is 9040. The van der Waals surface area contributed by atoms with Crippen molar-refractivity contribution in [1.82, 2.24) is 44.9 Å². The Hall–Kier alpha value is -20.1. The van der Waals surface area contributed by atoms with Crippen molar-refractivity contribution in [1.29, 1.82) is 0 Å². The Labute approximate surface area is 870 Å². The SMILES string of the molecule is c1ccc(-c2cc(-c3ccc(-c4c(-c5ccc(-c6cnc7ccccc7c6)cc5)ccc5ccccc45)cc3)nc(-c3ccccc3)n2)cc1.c1ccc(-c2cc(-c3ccccc3)nc(-c3ccc(-c4c(-c5ccc(-c6cccc7cccnc67)cc5)ccc5ccccc45)cc3)n2)cc1.c1ccc(-c2cc(-c3ccccc3)nc(-c3ccc(-c4c(-c5ccc(-c6cnc7ccccc7c6)cc5)ccc5ccccc45)cc3)n2)cc1. The summed E-state index contributed by atoms with van der Waals surface area (Å²) in [4.78, 5) is 44.3. The summed E-state index contributed by atoms with van der Waals surface area (Å²) in [6, 6.07) is 191. The fraction of sp³-hybridized carbons (Fsp3) is 0. The number of para-hydroxylation sites is 3. The molecule has 27 aromatic rings. The van der Waals surface area contributed by atoms with Crippen molar-refractivity contribution in [3.05, 3.63) is 565 Å². The molecular formula is C141H93N9. The molecule has 6 aromatic heterocycles. The highest BCUT2D eigenvalue weighted by Crippen LogP contribution is 2.46. The molecule has 0 aliphatic rings. The van der Waals surface area contributed by atoms with Gasteiger partial charge in [-0.2, -0.15) is 0 Å². The summed E-state index contributed by atoms with van der Waals surface area (Å²) in [6.07, 6.45) is 5.78. The molecule has 9 heteroatoms. The molecule has 702 valence electrons. The zero-order valence-corrected chi connectivity index (χ0v) is 81.7. The molecule has 0 fully saturated rings. The van der Waals surface area contributed by atoms with Gasteiger partial charge in [0.15, 0.2) is 17.5 Å². The molecule has 9 nitrogen and oxygen atoms in total. The van der Waals surface area contributed by atoms with Crippen LogP contribution in [0.2, 0.25) is 0 Å². The third-order valence-electron chi connectivity index (χ3n) is 28.1. The van der Waals surface area contributed by atoms with E-state index in [1.165, 1.54) is 76.8 Å². The van der Waals surface area contributed by atoms with E-state index in [0.717, 1.165) is 173 Å². The fourth-order valence-corrected chi connectivity index (χ4v) is 20.4. The van der Waals surface area contributed by atoms with E-state index in [1.807, 2.05) is 158 Å². The third kappa shape index (κ3) is 19.0. The monoisotopic (exact) mass is 1910 g/mol. The smallest absolute Gasteiger partial charge is 0.160 e. The Kier molecular flexibility index (Phi) is 25.1. The van der Waals surface area contributed by atoms with Crippen molar-refractivity contribution in [2.24, 2.45) is 0 Å². The molecule has 0 radical (unpaired) electrons. The zero-order chi connectivity index (χ0) is 99.8. The molecule has 0 atom stereocenters. The van der Waals surface area contributed by atoms with Gasteiger partial charge in [0, 0.05) is 102 Å². The van der Waals surface area contributed by atoms with Crippen LogP contribution in [-0.2, 0) is 0 Å². The van der Waals surface area contributed by atoms with Gasteiger partial charge >= 0.3 is 0 Å². The lowest BCUT2D eigenvalue weighted by molar-refractivity contribution is 1.18. The molecule has 150 heavy (non-hydrogen) atoms. The van der Waals surface area contributed by atoms with Crippen molar-refractivity contribution in [2.45, 2.75) is 0 Å². The highest BCUT2D eigenvalue weighted by Gasteiger charge is 2.23. The number of nitrogens with zero attached hydrogens (tertiary/aromatic N) is 9. The number of hydrogen-bond donors (Lipinski definition) is 0. The van der Waals surface area contributed by atoms with Gasteiger partial charge in [0.1, 0.15) is 0 Å². The number of pyridine rings is 3. The summed E-state index contributed by atoms with van der Waals surface area (Å²) >= 11 is 0. The highest BCUT2D eigenvalue weighted by molar-refractivity contribution is 6.08. The molecule has 21 aromatic carbocycles. The van der Waals surface area contributed by atoms with Crippen LogP contribution >= 0.6 is 0 Å². The molecule has 0 spiro atoms. The van der Waals surface area contributed by atoms with Crippen molar-refractivity contribution >= 4 is 65.0 Å². The van der Waals surface area contributed by atoms with Gasteiger partial charge < -0.3 is 0 Å². The van der Waals surface area contributed by atoms with E-state index in [4.69, 9.17) is 29.9 Å². The standard InChI is InChI=1S/3C47H31N3/c1-3-12-35(13-4-1)44-30-45(50-47(49-44)38-14-5-2-6-15-38)36-23-25-37(26-24-36)46-41-17-9-7-11-33(41)27-28-42(46)34-21-19-32(20-22-34)40-29-39-16-8-10-18-43(39)48-31-40;1-3-12-35(13-4-1)44-30-45(36-14-5-2-6-15-36)50-47(49-44)38-25-23-37(24-26-38)46-41-17-9-7-11-33(41)27-28-42(46)34-21-19-32(20-22-34)40-29-39-16-8-10-18-43(39)48-31-40;1-3-12-35(13-4-1)43-31-44(36-14-5-2-6-15-36)50-47(49-43)39-26-24-37(25-27-39)45-40-18-8-7-11-32(40)28-29-41(45)33-20-22-34(23-21-33)42-19-9-16-38-17-10-30-48-46(38)42/h3*1-31H. The third-order valence-corrected chi connectivity index (χ3v) is 28.1. The Morgan fingerprint density at radius 2 is 0.367 bits per heavy atom. The second kappa shape index (κ2) is 41.3. The molecule has 0 aliphatic carbocycles. The van der Waals surface area contributed by atoms with Crippen molar-refractivity contribution < 1.29 is 0 Å². The maximum absolute atomic E-state index is 5.05. The van der Waals surface area contributed by atoms with E-state index in [9.17, 15) is 0 Å².